The second-order valence-corrected chi connectivity index (χ2v) is 10.3. The molecule has 2 N–H and O–H groups in total. The molecule has 0 aliphatic heterocycles. The first-order valence-electron chi connectivity index (χ1n) is 10.0. The van der Waals surface area contributed by atoms with Crippen molar-refractivity contribution in [2.24, 2.45) is 23.7 Å². The monoisotopic (exact) mass is 390 g/mol. The van der Waals surface area contributed by atoms with Crippen molar-refractivity contribution in [1.82, 2.24) is 10.0 Å². The molecular weight excluding hydrogens is 360 g/mol. The van der Waals surface area contributed by atoms with Gasteiger partial charge in [0.05, 0.1) is 12.0 Å². The van der Waals surface area contributed by atoms with Crippen LogP contribution in [0.25, 0.3) is 0 Å². The Balaban J connectivity index is 1.39. The van der Waals surface area contributed by atoms with E-state index >= 15 is 0 Å². The molecule has 1 unspecified atom stereocenters. The van der Waals surface area contributed by atoms with Crippen molar-refractivity contribution in [2.45, 2.75) is 62.4 Å². The minimum absolute atomic E-state index is 0.0539. The Morgan fingerprint density at radius 2 is 1.59 bits per heavy atom. The molecule has 6 heteroatoms. The minimum atomic E-state index is -1.46. The van der Waals surface area contributed by atoms with Gasteiger partial charge in [-0.05, 0) is 93.9 Å². The summed E-state index contributed by atoms with van der Waals surface area (Å²) in [4.78, 5) is 13.6. The maximum absolute atomic E-state index is 13.0. The second kappa shape index (κ2) is 7.21. The van der Waals surface area contributed by atoms with Crippen LogP contribution in [0.15, 0.2) is 29.2 Å². The third kappa shape index (κ3) is 3.79. The Hall–Kier alpha value is -1.40. The summed E-state index contributed by atoms with van der Waals surface area (Å²) in [6.45, 7) is 3.61. The molecule has 0 spiro atoms. The summed E-state index contributed by atoms with van der Waals surface area (Å²) in [5.41, 5.74) is -0.903. The molecule has 1 aromatic rings. The van der Waals surface area contributed by atoms with Gasteiger partial charge in [-0.2, -0.15) is 0 Å². The number of methoxy groups -OCH3 is 1. The van der Waals surface area contributed by atoms with Crippen molar-refractivity contribution in [3.63, 3.8) is 0 Å². The smallest absolute Gasteiger partial charge is 0.240 e. The molecule has 0 saturated heterocycles. The van der Waals surface area contributed by atoms with Gasteiger partial charge in [0.25, 0.3) is 0 Å². The van der Waals surface area contributed by atoms with E-state index in [4.69, 9.17) is 4.74 Å². The van der Waals surface area contributed by atoms with Gasteiger partial charge in [-0.3, -0.25) is 4.79 Å². The molecule has 1 aromatic carbocycles. The number of rotatable bonds is 6. The first kappa shape index (κ1) is 18.9. The van der Waals surface area contributed by atoms with Gasteiger partial charge < -0.3 is 10.1 Å². The number of amides is 1. The zero-order chi connectivity index (χ0) is 19.2. The normalized spacial score (nSPS) is 32.9. The highest BCUT2D eigenvalue weighted by molar-refractivity contribution is 7.83. The average Bonchev–Trinajstić information content (AvgIpc) is 2.63. The Bertz CT molecular complexity index is 703. The SMILES string of the molecule is COc1ccc(S(=O)NC(C)(C)C(=O)NC2C3CC4CC(C3)CC2C4)cc1. The summed E-state index contributed by atoms with van der Waals surface area (Å²) < 4.78 is 20.8. The van der Waals surface area contributed by atoms with Gasteiger partial charge in [-0.25, -0.2) is 8.93 Å². The van der Waals surface area contributed by atoms with Crippen molar-refractivity contribution < 1.29 is 13.7 Å². The Kier molecular flexibility index (Phi) is 5.06. The highest BCUT2D eigenvalue weighted by Crippen LogP contribution is 2.53. The van der Waals surface area contributed by atoms with Crippen LogP contribution in [0.1, 0.15) is 46.0 Å². The first-order valence-corrected chi connectivity index (χ1v) is 11.2. The van der Waals surface area contributed by atoms with Crippen LogP contribution < -0.4 is 14.8 Å². The predicted molar refractivity (Wildman–Crippen MR) is 106 cm³/mol. The van der Waals surface area contributed by atoms with Crippen molar-refractivity contribution in [1.29, 1.82) is 0 Å². The van der Waals surface area contributed by atoms with Gasteiger partial charge in [-0.15, -0.1) is 0 Å². The summed E-state index contributed by atoms with van der Waals surface area (Å²) >= 11 is 0. The van der Waals surface area contributed by atoms with Crippen LogP contribution in [0.5, 0.6) is 5.75 Å². The standard InChI is InChI=1S/C21H30N2O3S/c1-21(2,23-27(25)18-6-4-17(26-3)5-7-18)20(24)22-19-15-9-13-8-14(11-15)12-16(19)10-13/h4-7,13-16,19,23H,8-12H2,1-3H3,(H,22,24). The van der Waals surface area contributed by atoms with Gasteiger partial charge in [-0.1, -0.05) is 0 Å². The molecule has 4 aliphatic rings. The molecular formula is C21H30N2O3S. The molecule has 5 nitrogen and oxygen atoms in total. The van der Waals surface area contributed by atoms with Crippen molar-refractivity contribution in [3.8, 4) is 5.75 Å². The first-order chi connectivity index (χ1) is 12.9. The van der Waals surface area contributed by atoms with E-state index in [0.29, 0.717) is 22.8 Å². The molecule has 0 radical (unpaired) electrons. The van der Waals surface area contributed by atoms with E-state index < -0.39 is 16.5 Å². The lowest BCUT2D eigenvalue weighted by Gasteiger charge is -2.54. The largest absolute Gasteiger partial charge is 0.497 e. The van der Waals surface area contributed by atoms with E-state index in [1.807, 2.05) is 0 Å². The van der Waals surface area contributed by atoms with Crippen LogP contribution in [-0.4, -0.2) is 28.8 Å². The molecule has 1 amide bonds. The Morgan fingerprint density at radius 1 is 1.04 bits per heavy atom. The van der Waals surface area contributed by atoms with Crippen molar-refractivity contribution in [3.05, 3.63) is 24.3 Å². The maximum atomic E-state index is 13.0. The fourth-order valence-electron chi connectivity index (χ4n) is 5.53. The summed E-state index contributed by atoms with van der Waals surface area (Å²) in [6.07, 6.45) is 6.47. The van der Waals surface area contributed by atoms with Gasteiger partial charge in [0.2, 0.25) is 5.91 Å². The number of hydrogen-bond acceptors (Lipinski definition) is 3. The van der Waals surface area contributed by atoms with Gasteiger partial charge in [0.1, 0.15) is 22.3 Å². The molecule has 0 aromatic heterocycles. The van der Waals surface area contributed by atoms with Crippen LogP contribution in [0, 0.1) is 23.7 Å². The van der Waals surface area contributed by atoms with E-state index in [1.165, 1.54) is 32.1 Å². The zero-order valence-corrected chi connectivity index (χ0v) is 17.2. The van der Waals surface area contributed by atoms with E-state index in [-0.39, 0.29) is 5.91 Å². The molecule has 4 saturated carbocycles. The fourth-order valence-corrected chi connectivity index (χ4v) is 6.59. The van der Waals surface area contributed by atoms with Crippen LogP contribution >= 0.6 is 0 Å². The van der Waals surface area contributed by atoms with E-state index in [0.717, 1.165) is 17.6 Å². The third-order valence-electron chi connectivity index (χ3n) is 6.71. The highest BCUT2D eigenvalue weighted by atomic mass is 32.2. The Labute approximate surface area is 164 Å². The number of carbonyl (C=O) groups excluding carboxylic acids is 1. The lowest BCUT2D eigenvalue weighted by molar-refractivity contribution is -0.129. The number of ether oxygens (including phenoxy) is 1. The van der Waals surface area contributed by atoms with E-state index in [9.17, 15) is 9.00 Å². The fraction of sp³-hybridized carbons (Fsp3) is 0.667. The minimum Gasteiger partial charge on any atom is -0.497 e. The lowest BCUT2D eigenvalue weighted by Crippen LogP contribution is -2.61. The number of benzene rings is 1. The average molecular weight is 391 g/mol. The maximum Gasteiger partial charge on any atom is 0.240 e. The molecule has 5 rings (SSSR count). The highest BCUT2D eigenvalue weighted by Gasteiger charge is 2.49. The molecule has 148 valence electrons. The molecule has 4 bridgehead atoms. The quantitative estimate of drug-likeness (QED) is 0.785. The number of nitrogens with one attached hydrogen (secondary N) is 2. The molecule has 0 heterocycles. The van der Waals surface area contributed by atoms with Gasteiger partial charge >= 0.3 is 0 Å². The van der Waals surface area contributed by atoms with Crippen LogP contribution in [-0.2, 0) is 15.8 Å². The van der Waals surface area contributed by atoms with E-state index in [2.05, 4.69) is 10.0 Å². The van der Waals surface area contributed by atoms with E-state index in [1.54, 1.807) is 45.2 Å². The Morgan fingerprint density at radius 3 is 2.11 bits per heavy atom. The van der Waals surface area contributed by atoms with Gasteiger partial charge in [0.15, 0.2) is 0 Å². The third-order valence-corrected chi connectivity index (χ3v) is 8.11. The second-order valence-electron chi connectivity index (χ2n) is 9.10. The van der Waals surface area contributed by atoms with Crippen LogP contribution in [0.3, 0.4) is 0 Å². The summed E-state index contributed by atoms with van der Waals surface area (Å²) in [6, 6.07) is 7.36. The predicted octanol–water partition coefficient (Wildman–Crippen LogP) is 3.03. The zero-order valence-electron chi connectivity index (χ0n) is 16.4. The van der Waals surface area contributed by atoms with Crippen molar-refractivity contribution in [2.75, 3.05) is 7.11 Å². The lowest BCUT2D eigenvalue weighted by atomic mass is 9.54. The summed E-state index contributed by atoms with van der Waals surface area (Å²) in [5.74, 6) is 3.70. The van der Waals surface area contributed by atoms with Crippen LogP contribution in [0.2, 0.25) is 0 Å². The van der Waals surface area contributed by atoms with Crippen molar-refractivity contribution >= 4 is 16.9 Å². The molecule has 1 atom stereocenters. The summed E-state index contributed by atoms with van der Waals surface area (Å²) in [7, 11) is 0.138. The summed E-state index contributed by atoms with van der Waals surface area (Å²) in [5, 5.41) is 3.32. The van der Waals surface area contributed by atoms with Gasteiger partial charge in [0, 0.05) is 6.04 Å². The van der Waals surface area contributed by atoms with Crippen LogP contribution in [0.4, 0.5) is 0 Å². The molecule has 27 heavy (non-hydrogen) atoms. The number of hydrogen-bond donors (Lipinski definition) is 2. The molecule has 4 fully saturated rings. The molecule has 4 aliphatic carbocycles. The topological polar surface area (TPSA) is 67.4 Å². The number of carbonyl (C=O) groups is 1.